The normalized spacial score (nSPS) is 26.1. The number of rotatable bonds is 7. The summed E-state index contributed by atoms with van der Waals surface area (Å²) in [6.07, 6.45) is 2.16. The molecule has 19 heavy (non-hydrogen) atoms. The zero-order valence-corrected chi connectivity index (χ0v) is 12.9. The molecular weight excluding hydrogens is 240 g/mol. The van der Waals surface area contributed by atoms with Crippen LogP contribution in [0.1, 0.15) is 40.5 Å². The van der Waals surface area contributed by atoms with E-state index < -0.39 is 0 Å². The molecule has 0 saturated carbocycles. The van der Waals surface area contributed by atoms with Crippen LogP contribution in [0.3, 0.4) is 0 Å². The van der Waals surface area contributed by atoms with Crippen LogP contribution in [0.5, 0.6) is 0 Å². The summed E-state index contributed by atoms with van der Waals surface area (Å²) in [5.74, 6) is 1.43. The van der Waals surface area contributed by atoms with Crippen LogP contribution in [-0.2, 0) is 9.53 Å². The second-order valence-corrected chi connectivity index (χ2v) is 5.86. The van der Waals surface area contributed by atoms with E-state index in [1.54, 1.807) is 0 Å². The molecule has 4 nitrogen and oxygen atoms in total. The third-order valence-electron chi connectivity index (χ3n) is 3.70. The zero-order chi connectivity index (χ0) is 14.3. The first kappa shape index (κ1) is 16.4. The molecule has 1 saturated heterocycles. The summed E-state index contributed by atoms with van der Waals surface area (Å²) in [5, 5.41) is 3.23. The van der Waals surface area contributed by atoms with Gasteiger partial charge in [0.25, 0.3) is 0 Å². The van der Waals surface area contributed by atoms with Gasteiger partial charge in [-0.25, -0.2) is 0 Å². The molecule has 1 rings (SSSR count). The first-order chi connectivity index (χ1) is 9.06. The molecule has 1 fully saturated rings. The maximum absolute atomic E-state index is 11.8. The Morgan fingerprint density at radius 2 is 1.95 bits per heavy atom. The maximum atomic E-state index is 11.8. The number of carbonyl (C=O) groups excluding carboxylic acids is 1. The smallest absolute Gasteiger partial charge is 0.323 e. The third-order valence-corrected chi connectivity index (χ3v) is 3.70. The SMILES string of the molecule is CCNC(CCN1CC(C)CC(C)C1)C(=O)OCC. The van der Waals surface area contributed by atoms with Gasteiger partial charge < -0.3 is 15.0 Å². The number of carbonyl (C=O) groups is 1. The van der Waals surface area contributed by atoms with Gasteiger partial charge in [0.2, 0.25) is 0 Å². The number of hydrogen-bond acceptors (Lipinski definition) is 4. The van der Waals surface area contributed by atoms with Gasteiger partial charge in [-0.1, -0.05) is 20.8 Å². The van der Waals surface area contributed by atoms with Crippen LogP contribution in [0.2, 0.25) is 0 Å². The van der Waals surface area contributed by atoms with Crippen LogP contribution >= 0.6 is 0 Å². The molecule has 0 aromatic carbocycles. The van der Waals surface area contributed by atoms with Crippen LogP contribution in [0.25, 0.3) is 0 Å². The highest BCUT2D eigenvalue weighted by Crippen LogP contribution is 2.21. The number of likely N-dealkylation sites (N-methyl/N-ethyl adjacent to an activating group) is 1. The van der Waals surface area contributed by atoms with Gasteiger partial charge in [0.1, 0.15) is 6.04 Å². The van der Waals surface area contributed by atoms with Crippen LogP contribution in [0, 0.1) is 11.8 Å². The summed E-state index contributed by atoms with van der Waals surface area (Å²) in [4.78, 5) is 14.3. The Morgan fingerprint density at radius 1 is 1.32 bits per heavy atom. The molecule has 0 spiro atoms. The Labute approximate surface area is 117 Å². The fourth-order valence-corrected chi connectivity index (χ4v) is 3.08. The summed E-state index contributed by atoms with van der Waals surface area (Å²) in [6, 6.07) is -0.155. The van der Waals surface area contributed by atoms with Crippen molar-refractivity contribution in [2.45, 2.75) is 46.6 Å². The average Bonchev–Trinajstić information content (AvgIpc) is 2.33. The predicted octanol–water partition coefficient (Wildman–Crippen LogP) is 1.90. The number of ether oxygens (including phenoxy) is 1. The van der Waals surface area contributed by atoms with Crippen LogP contribution in [0.4, 0.5) is 0 Å². The first-order valence-corrected chi connectivity index (χ1v) is 7.69. The molecule has 3 atom stereocenters. The number of nitrogens with one attached hydrogen (secondary N) is 1. The number of nitrogens with zero attached hydrogens (tertiary/aromatic N) is 1. The van der Waals surface area contributed by atoms with E-state index in [1.807, 2.05) is 13.8 Å². The lowest BCUT2D eigenvalue weighted by molar-refractivity contribution is -0.145. The van der Waals surface area contributed by atoms with E-state index >= 15 is 0 Å². The molecule has 112 valence electrons. The van der Waals surface area contributed by atoms with Gasteiger partial charge in [-0.2, -0.15) is 0 Å². The molecule has 1 aliphatic rings. The summed E-state index contributed by atoms with van der Waals surface area (Å²) < 4.78 is 5.12. The third kappa shape index (κ3) is 5.91. The van der Waals surface area contributed by atoms with Crippen LogP contribution in [0.15, 0.2) is 0 Å². The summed E-state index contributed by atoms with van der Waals surface area (Å²) in [7, 11) is 0. The second kappa shape index (κ2) is 8.54. The molecule has 1 N–H and O–H groups in total. The molecule has 4 heteroatoms. The average molecular weight is 270 g/mol. The molecule has 0 amide bonds. The maximum Gasteiger partial charge on any atom is 0.323 e. The van der Waals surface area contributed by atoms with Gasteiger partial charge in [0.05, 0.1) is 6.61 Å². The Hall–Kier alpha value is -0.610. The van der Waals surface area contributed by atoms with E-state index in [-0.39, 0.29) is 12.0 Å². The number of esters is 1. The summed E-state index contributed by atoms with van der Waals surface area (Å²) >= 11 is 0. The van der Waals surface area contributed by atoms with E-state index in [9.17, 15) is 4.79 Å². The Bertz CT molecular complexity index is 261. The Kier molecular flexibility index (Phi) is 7.39. The van der Waals surface area contributed by atoms with Gasteiger partial charge in [-0.3, -0.25) is 4.79 Å². The van der Waals surface area contributed by atoms with Gasteiger partial charge >= 0.3 is 5.97 Å². The van der Waals surface area contributed by atoms with Crippen molar-refractivity contribution < 1.29 is 9.53 Å². The Morgan fingerprint density at radius 3 is 2.47 bits per heavy atom. The zero-order valence-electron chi connectivity index (χ0n) is 12.9. The van der Waals surface area contributed by atoms with Crippen molar-refractivity contribution in [1.82, 2.24) is 10.2 Å². The van der Waals surface area contributed by atoms with Crippen molar-refractivity contribution in [3.05, 3.63) is 0 Å². The number of likely N-dealkylation sites (tertiary alicyclic amines) is 1. The van der Waals surface area contributed by atoms with E-state index in [0.29, 0.717) is 6.61 Å². The van der Waals surface area contributed by atoms with E-state index in [1.165, 1.54) is 6.42 Å². The Balaban J connectivity index is 2.40. The molecule has 0 bridgehead atoms. The highest BCUT2D eigenvalue weighted by Gasteiger charge is 2.24. The lowest BCUT2D eigenvalue weighted by atomic mass is 9.91. The predicted molar refractivity (Wildman–Crippen MR) is 78.1 cm³/mol. The molecule has 0 aromatic heterocycles. The molecule has 0 radical (unpaired) electrons. The van der Waals surface area contributed by atoms with Crippen molar-refractivity contribution in [1.29, 1.82) is 0 Å². The molecule has 1 heterocycles. The lowest BCUT2D eigenvalue weighted by Gasteiger charge is -2.35. The molecule has 3 unspecified atom stereocenters. The van der Waals surface area contributed by atoms with Gasteiger partial charge in [-0.15, -0.1) is 0 Å². The highest BCUT2D eigenvalue weighted by molar-refractivity contribution is 5.75. The van der Waals surface area contributed by atoms with Crippen molar-refractivity contribution in [2.24, 2.45) is 11.8 Å². The van der Waals surface area contributed by atoms with Crippen molar-refractivity contribution >= 4 is 5.97 Å². The van der Waals surface area contributed by atoms with Gasteiger partial charge in [-0.05, 0) is 38.1 Å². The minimum absolute atomic E-state index is 0.109. The fourth-order valence-electron chi connectivity index (χ4n) is 3.08. The standard InChI is InChI=1S/C15H30N2O2/c1-5-16-14(15(18)19-6-2)7-8-17-10-12(3)9-13(4)11-17/h12-14,16H,5-11H2,1-4H3. The molecule has 0 aromatic rings. The van der Waals surface area contributed by atoms with Crippen molar-refractivity contribution in [3.63, 3.8) is 0 Å². The topological polar surface area (TPSA) is 41.6 Å². The molecule has 1 aliphatic heterocycles. The monoisotopic (exact) mass is 270 g/mol. The van der Waals surface area contributed by atoms with Crippen molar-refractivity contribution in [2.75, 3.05) is 32.8 Å². The highest BCUT2D eigenvalue weighted by atomic mass is 16.5. The molecule has 0 aliphatic carbocycles. The minimum atomic E-state index is -0.155. The van der Waals surface area contributed by atoms with Gasteiger partial charge in [0.15, 0.2) is 0 Å². The largest absolute Gasteiger partial charge is 0.465 e. The summed E-state index contributed by atoms with van der Waals surface area (Å²) in [5.41, 5.74) is 0. The van der Waals surface area contributed by atoms with E-state index in [0.717, 1.165) is 44.4 Å². The van der Waals surface area contributed by atoms with Gasteiger partial charge in [0, 0.05) is 19.6 Å². The number of piperidine rings is 1. The van der Waals surface area contributed by atoms with Crippen LogP contribution < -0.4 is 5.32 Å². The minimum Gasteiger partial charge on any atom is -0.465 e. The van der Waals surface area contributed by atoms with Crippen molar-refractivity contribution in [3.8, 4) is 0 Å². The fraction of sp³-hybridized carbons (Fsp3) is 0.933. The van der Waals surface area contributed by atoms with E-state index in [4.69, 9.17) is 4.74 Å². The first-order valence-electron chi connectivity index (χ1n) is 7.69. The van der Waals surface area contributed by atoms with Crippen LogP contribution in [-0.4, -0.2) is 49.7 Å². The lowest BCUT2D eigenvalue weighted by Crippen LogP contribution is -2.44. The number of hydrogen-bond donors (Lipinski definition) is 1. The second-order valence-electron chi connectivity index (χ2n) is 5.86. The quantitative estimate of drug-likeness (QED) is 0.717. The summed E-state index contributed by atoms with van der Waals surface area (Å²) in [6.45, 7) is 13.1. The molecular formula is C15H30N2O2. The van der Waals surface area contributed by atoms with E-state index in [2.05, 4.69) is 24.1 Å².